The largest absolute Gasteiger partial charge is 0.348 e. The summed E-state index contributed by atoms with van der Waals surface area (Å²) in [5.41, 5.74) is 2.51. The highest BCUT2D eigenvalue weighted by Crippen LogP contribution is 2.21. The van der Waals surface area contributed by atoms with Crippen LogP contribution in [0.2, 0.25) is 5.02 Å². The molecule has 0 aliphatic carbocycles. The maximum atomic E-state index is 12.3. The summed E-state index contributed by atoms with van der Waals surface area (Å²) in [6, 6.07) is 13.1. The Morgan fingerprint density at radius 3 is 2.72 bits per heavy atom. The van der Waals surface area contributed by atoms with E-state index in [1.807, 2.05) is 29.2 Å². The molecule has 0 radical (unpaired) electrons. The van der Waals surface area contributed by atoms with Crippen LogP contribution in [0.25, 0.3) is 0 Å². The summed E-state index contributed by atoms with van der Waals surface area (Å²) in [6.45, 7) is 1.86. The van der Waals surface area contributed by atoms with Crippen molar-refractivity contribution in [1.29, 1.82) is 0 Å². The lowest BCUT2D eigenvalue weighted by molar-refractivity contribution is -0.128. The van der Waals surface area contributed by atoms with Crippen LogP contribution in [0.4, 0.5) is 0 Å². The second-order valence-corrected chi connectivity index (χ2v) is 7.37. The Hall–Kier alpha value is -1.85. The van der Waals surface area contributed by atoms with Crippen LogP contribution in [0.3, 0.4) is 0 Å². The van der Waals surface area contributed by atoms with Crippen LogP contribution >= 0.6 is 27.5 Å². The van der Waals surface area contributed by atoms with Crippen LogP contribution < -0.4 is 5.32 Å². The van der Waals surface area contributed by atoms with Crippen molar-refractivity contribution in [1.82, 2.24) is 10.2 Å². The van der Waals surface area contributed by atoms with E-state index in [1.165, 1.54) is 0 Å². The number of hydrogen-bond acceptors (Lipinski definition) is 2. The molecule has 2 aromatic rings. The fourth-order valence-corrected chi connectivity index (χ4v) is 3.64. The summed E-state index contributed by atoms with van der Waals surface area (Å²) >= 11 is 9.44. The van der Waals surface area contributed by atoms with Crippen molar-refractivity contribution in [3.63, 3.8) is 0 Å². The molecule has 4 nitrogen and oxygen atoms in total. The number of nitrogens with one attached hydrogen (secondary N) is 1. The van der Waals surface area contributed by atoms with Gasteiger partial charge in [-0.3, -0.25) is 9.59 Å². The van der Waals surface area contributed by atoms with E-state index in [-0.39, 0.29) is 11.8 Å². The predicted octanol–water partition coefficient (Wildman–Crippen LogP) is 4.15. The molecule has 25 heavy (non-hydrogen) atoms. The zero-order valence-corrected chi connectivity index (χ0v) is 15.9. The third kappa shape index (κ3) is 4.61. The number of rotatable bonds is 5. The van der Waals surface area contributed by atoms with Crippen molar-refractivity contribution in [2.75, 3.05) is 6.54 Å². The number of nitrogens with zero attached hydrogens (tertiary/aromatic N) is 1. The van der Waals surface area contributed by atoms with E-state index >= 15 is 0 Å². The molecule has 0 bridgehead atoms. The van der Waals surface area contributed by atoms with Crippen LogP contribution in [0.15, 0.2) is 46.9 Å². The topological polar surface area (TPSA) is 49.4 Å². The minimum absolute atomic E-state index is 0.211. The number of carbonyl (C=O) groups excluding carboxylic acids is 2. The molecule has 1 fully saturated rings. The van der Waals surface area contributed by atoms with Gasteiger partial charge in [-0.1, -0.05) is 51.8 Å². The van der Waals surface area contributed by atoms with Gasteiger partial charge in [0.25, 0.3) is 5.91 Å². The first kappa shape index (κ1) is 18.0. The number of likely N-dealkylation sites (tertiary alicyclic amines) is 1. The molecule has 0 saturated carbocycles. The first-order valence-corrected chi connectivity index (χ1v) is 9.29. The zero-order chi connectivity index (χ0) is 17.8. The summed E-state index contributed by atoms with van der Waals surface area (Å²) in [4.78, 5) is 25.9. The van der Waals surface area contributed by atoms with Crippen LogP contribution in [-0.4, -0.2) is 23.3 Å². The molecule has 130 valence electrons. The SMILES string of the molecule is O=C(NCc1cccc(CN2CCCC2=O)c1)c1ccc(Br)cc1Cl. The second-order valence-electron chi connectivity index (χ2n) is 6.05. The van der Waals surface area contributed by atoms with E-state index in [1.54, 1.807) is 18.2 Å². The van der Waals surface area contributed by atoms with Gasteiger partial charge in [-0.15, -0.1) is 0 Å². The molecule has 2 amide bonds. The van der Waals surface area contributed by atoms with Gasteiger partial charge in [0.2, 0.25) is 5.91 Å². The molecule has 6 heteroatoms. The summed E-state index contributed by atoms with van der Waals surface area (Å²) in [5, 5.41) is 3.30. The zero-order valence-electron chi connectivity index (χ0n) is 13.6. The lowest BCUT2D eigenvalue weighted by Crippen LogP contribution is -2.24. The Bertz CT molecular complexity index is 810. The molecule has 1 aliphatic heterocycles. The summed E-state index contributed by atoms with van der Waals surface area (Å²) < 4.78 is 0.832. The van der Waals surface area contributed by atoms with Crippen molar-refractivity contribution in [2.45, 2.75) is 25.9 Å². The Labute approximate surface area is 160 Å². The highest BCUT2D eigenvalue weighted by molar-refractivity contribution is 9.10. The third-order valence-corrected chi connectivity index (χ3v) is 4.97. The maximum Gasteiger partial charge on any atom is 0.253 e. The molecular weight excluding hydrogens is 404 g/mol. The highest BCUT2D eigenvalue weighted by atomic mass is 79.9. The molecule has 2 aromatic carbocycles. The predicted molar refractivity (Wildman–Crippen MR) is 101 cm³/mol. The molecular formula is C19H18BrClN2O2. The lowest BCUT2D eigenvalue weighted by Gasteiger charge is -2.16. The third-order valence-electron chi connectivity index (χ3n) is 4.17. The van der Waals surface area contributed by atoms with E-state index in [2.05, 4.69) is 21.2 Å². The average molecular weight is 422 g/mol. The standard InChI is InChI=1S/C19H18BrClN2O2/c20-15-6-7-16(17(21)10-15)19(25)22-11-13-3-1-4-14(9-13)12-23-8-2-5-18(23)24/h1,3-4,6-7,9-10H,2,5,8,11-12H2,(H,22,25). The van der Waals surface area contributed by atoms with Crippen LogP contribution in [0.1, 0.15) is 34.3 Å². The number of benzene rings is 2. The molecule has 1 heterocycles. The highest BCUT2D eigenvalue weighted by Gasteiger charge is 2.20. The molecule has 3 rings (SSSR count). The van der Waals surface area contributed by atoms with E-state index in [0.717, 1.165) is 28.6 Å². The Balaban J connectivity index is 1.62. The van der Waals surface area contributed by atoms with Crippen LogP contribution in [0.5, 0.6) is 0 Å². The van der Waals surface area contributed by atoms with E-state index < -0.39 is 0 Å². The fraction of sp³-hybridized carbons (Fsp3) is 0.263. The van der Waals surface area contributed by atoms with Gasteiger partial charge in [0.15, 0.2) is 0 Å². The minimum Gasteiger partial charge on any atom is -0.348 e. The van der Waals surface area contributed by atoms with Crippen LogP contribution in [0, 0.1) is 0 Å². The smallest absolute Gasteiger partial charge is 0.253 e. The van der Waals surface area contributed by atoms with Crippen LogP contribution in [-0.2, 0) is 17.9 Å². The number of hydrogen-bond donors (Lipinski definition) is 1. The quantitative estimate of drug-likeness (QED) is 0.788. The van der Waals surface area contributed by atoms with Crippen molar-refractivity contribution in [2.24, 2.45) is 0 Å². The fourth-order valence-electron chi connectivity index (χ4n) is 2.88. The van der Waals surface area contributed by atoms with Gasteiger partial charge in [-0.2, -0.15) is 0 Å². The van der Waals surface area contributed by atoms with E-state index in [0.29, 0.717) is 30.1 Å². The molecule has 0 atom stereocenters. The number of amides is 2. The molecule has 0 spiro atoms. The van der Waals surface area contributed by atoms with Crippen molar-refractivity contribution < 1.29 is 9.59 Å². The molecule has 0 aromatic heterocycles. The Morgan fingerprint density at radius 1 is 1.20 bits per heavy atom. The molecule has 1 aliphatic rings. The van der Waals surface area contributed by atoms with E-state index in [9.17, 15) is 9.59 Å². The maximum absolute atomic E-state index is 12.3. The second kappa shape index (κ2) is 8.02. The van der Waals surface area contributed by atoms with Gasteiger partial charge in [-0.25, -0.2) is 0 Å². The van der Waals surface area contributed by atoms with Gasteiger partial charge in [0.1, 0.15) is 0 Å². The average Bonchev–Trinajstić information content (AvgIpc) is 2.98. The normalized spacial score (nSPS) is 14.0. The molecule has 1 saturated heterocycles. The summed E-state index contributed by atoms with van der Waals surface area (Å²) in [7, 11) is 0. The monoisotopic (exact) mass is 420 g/mol. The minimum atomic E-state index is -0.211. The number of carbonyl (C=O) groups is 2. The Morgan fingerprint density at radius 2 is 2.00 bits per heavy atom. The molecule has 1 N–H and O–H groups in total. The summed E-state index contributed by atoms with van der Waals surface area (Å²) in [5.74, 6) is 0.00112. The van der Waals surface area contributed by atoms with Crippen molar-refractivity contribution in [3.8, 4) is 0 Å². The van der Waals surface area contributed by atoms with Gasteiger partial charge in [0.05, 0.1) is 10.6 Å². The first-order chi connectivity index (χ1) is 12.0. The van der Waals surface area contributed by atoms with Gasteiger partial charge in [0, 0.05) is 30.5 Å². The van der Waals surface area contributed by atoms with E-state index in [4.69, 9.17) is 11.6 Å². The lowest BCUT2D eigenvalue weighted by atomic mass is 10.1. The van der Waals surface area contributed by atoms with Gasteiger partial charge >= 0.3 is 0 Å². The Kier molecular flexibility index (Phi) is 5.76. The molecule has 0 unspecified atom stereocenters. The van der Waals surface area contributed by atoms with Crippen molar-refractivity contribution in [3.05, 3.63) is 68.7 Å². The number of halogens is 2. The van der Waals surface area contributed by atoms with Gasteiger partial charge in [-0.05, 0) is 35.7 Å². The first-order valence-electron chi connectivity index (χ1n) is 8.12. The summed E-state index contributed by atoms with van der Waals surface area (Å²) in [6.07, 6.45) is 1.58. The van der Waals surface area contributed by atoms with Gasteiger partial charge < -0.3 is 10.2 Å². The van der Waals surface area contributed by atoms with Crippen molar-refractivity contribution >= 4 is 39.3 Å².